The van der Waals surface area contributed by atoms with E-state index in [0.717, 1.165) is 6.26 Å². The van der Waals surface area contributed by atoms with Crippen LogP contribution < -0.4 is 11.1 Å². The number of anilines is 2. The van der Waals surface area contributed by atoms with Crippen LogP contribution in [0.5, 0.6) is 0 Å². The predicted molar refractivity (Wildman–Crippen MR) is 71.5 cm³/mol. The minimum absolute atomic E-state index is 0.450. The van der Waals surface area contributed by atoms with Crippen LogP contribution in [0.25, 0.3) is 0 Å². The Morgan fingerprint density at radius 1 is 1.47 bits per heavy atom. The number of nitrogens with one attached hydrogen (secondary N) is 1. The molecule has 0 saturated carbocycles. The summed E-state index contributed by atoms with van der Waals surface area (Å²) in [7, 11) is -3.40. The van der Waals surface area contributed by atoms with Gasteiger partial charge in [-0.3, -0.25) is 4.79 Å². The van der Waals surface area contributed by atoms with Crippen LogP contribution >= 0.6 is 15.9 Å². The lowest BCUT2D eigenvalue weighted by Crippen LogP contribution is -2.31. The maximum absolute atomic E-state index is 11.7. The van der Waals surface area contributed by atoms with Gasteiger partial charge in [0.1, 0.15) is 5.25 Å². The van der Waals surface area contributed by atoms with Gasteiger partial charge in [-0.1, -0.05) is 0 Å². The third-order valence-corrected chi connectivity index (χ3v) is 4.45. The average Bonchev–Trinajstić information content (AvgIpc) is 2.21. The number of halogens is 1. The van der Waals surface area contributed by atoms with Crippen LogP contribution in [-0.4, -0.2) is 25.8 Å². The first kappa shape index (κ1) is 14.0. The Morgan fingerprint density at radius 2 is 2.06 bits per heavy atom. The van der Waals surface area contributed by atoms with Gasteiger partial charge in [-0.2, -0.15) is 0 Å². The number of amides is 1. The molecule has 0 aromatic heterocycles. The molecular weight excluding hydrogens is 308 g/mol. The van der Waals surface area contributed by atoms with Crippen molar-refractivity contribution in [2.75, 3.05) is 17.3 Å². The fourth-order valence-electron chi connectivity index (χ4n) is 1.07. The van der Waals surface area contributed by atoms with E-state index in [1.165, 1.54) is 6.92 Å². The second-order valence-corrected chi connectivity index (χ2v) is 6.92. The molecular formula is C10H13BrN2O3S. The van der Waals surface area contributed by atoms with Crippen molar-refractivity contribution in [2.45, 2.75) is 12.2 Å². The lowest BCUT2D eigenvalue weighted by Gasteiger charge is -2.12. The van der Waals surface area contributed by atoms with Crippen molar-refractivity contribution in [1.29, 1.82) is 0 Å². The number of carbonyl (C=O) groups excluding carboxylic acids is 1. The third-order valence-electron chi connectivity index (χ3n) is 2.26. The monoisotopic (exact) mass is 320 g/mol. The van der Waals surface area contributed by atoms with Crippen LogP contribution in [0.1, 0.15) is 6.92 Å². The molecule has 1 rings (SSSR count). The molecule has 7 heteroatoms. The summed E-state index contributed by atoms with van der Waals surface area (Å²) in [5.74, 6) is -0.584. The van der Waals surface area contributed by atoms with Crippen molar-refractivity contribution in [3.05, 3.63) is 22.7 Å². The van der Waals surface area contributed by atoms with Gasteiger partial charge >= 0.3 is 0 Å². The van der Waals surface area contributed by atoms with E-state index >= 15 is 0 Å². The van der Waals surface area contributed by atoms with E-state index in [0.29, 0.717) is 15.8 Å². The zero-order valence-electron chi connectivity index (χ0n) is 9.40. The highest BCUT2D eigenvalue weighted by Crippen LogP contribution is 2.25. The largest absolute Gasteiger partial charge is 0.399 e. The Balaban J connectivity index is 2.92. The molecule has 5 nitrogen and oxygen atoms in total. The Morgan fingerprint density at radius 3 is 2.59 bits per heavy atom. The summed E-state index contributed by atoms with van der Waals surface area (Å²) in [4.78, 5) is 11.7. The summed E-state index contributed by atoms with van der Waals surface area (Å²) in [6, 6.07) is 4.90. The molecule has 0 heterocycles. The summed E-state index contributed by atoms with van der Waals surface area (Å²) in [6.45, 7) is 1.34. The molecule has 1 aromatic carbocycles. The van der Waals surface area contributed by atoms with Gasteiger partial charge in [0.2, 0.25) is 5.91 Å². The highest BCUT2D eigenvalue weighted by Gasteiger charge is 2.23. The molecule has 3 N–H and O–H groups in total. The molecule has 0 radical (unpaired) electrons. The summed E-state index contributed by atoms with van der Waals surface area (Å²) in [6.07, 6.45) is 1.02. The maximum atomic E-state index is 11.7. The van der Waals surface area contributed by atoms with Gasteiger partial charge in [-0.25, -0.2) is 8.42 Å². The second kappa shape index (κ2) is 5.05. The first-order chi connectivity index (χ1) is 7.71. The standard InChI is InChI=1S/C10H13BrN2O3S/c1-6(17(2,15)16)10(14)13-9-5-7(12)3-4-8(9)11/h3-6H,12H2,1-2H3,(H,13,14). The van der Waals surface area contributed by atoms with Gasteiger partial charge < -0.3 is 11.1 Å². The van der Waals surface area contributed by atoms with E-state index in [1.54, 1.807) is 18.2 Å². The summed E-state index contributed by atoms with van der Waals surface area (Å²) in [5, 5.41) is 1.41. The Hall–Kier alpha value is -1.08. The number of sulfone groups is 1. The van der Waals surface area contributed by atoms with E-state index in [1.807, 2.05) is 0 Å². The van der Waals surface area contributed by atoms with Crippen molar-refractivity contribution < 1.29 is 13.2 Å². The summed E-state index contributed by atoms with van der Waals surface area (Å²) in [5.41, 5.74) is 6.51. The average molecular weight is 321 g/mol. The molecule has 0 aliphatic rings. The maximum Gasteiger partial charge on any atom is 0.242 e. The van der Waals surface area contributed by atoms with E-state index < -0.39 is 21.0 Å². The molecule has 1 aromatic rings. The van der Waals surface area contributed by atoms with Gasteiger partial charge in [-0.05, 0) is 41.1 Å². The van der Waals surface area contributed by atoms with Gasteiger partial charge in [0.25, 0.3) is 0 Å². The van der Waals surface area contributed by atoms with Crippen LogP contribution in [0.4, 0.5) is 11.4 Å². The van der Waals surface area contributed by atoms with Crippen molar-refractivity contribution >= 4 is 43.0 Å². The molecule has 1 unspecified atom stereocenters. The molecule has 0 aliphatic heterocycles. The lowest BCUT2D eigenvalue weighted by atomic mass is 10.3. The lowest BCUT2D eigenvalue weighted by molar-refractivity contribution is -0.115. The van der Waals surface area contributed by atoms with Crippen LogP contribution in [0.2, 0.25) is 0 Å². The molecule has 1 atom stereocenters. The molecule has 0 fully saturated rings. The van der Waals surface area contributed by atoms with Crippen molar-refractivity contribution in [3.8, 4) is 0 Å². The third kappa shape index (κ3) is 3.71. The smallest absolute Gasteiger partial charge is 0.242 e. The number of hydrogen-bond donors (Lipinski definition) is 2. The van der Waals surface area contributed by atoms with Gasteiger partial charge in [0, 0.05) is 16.4 Å². The molecule has 0 saturated heterocycles. The number of nitrogens with two attached hydrogens (primary N) is 1. The van der Waals surface area contributed by atoms with Crippen LogP contribution in [0.3, 0.4) is 0 Å². The fraction of sp³-hybridized carbons (Fsp3) is 0.300. The minimum Gasteiger partial charge on any atom is -0.399 e. The number of hydrogen-bond acceptors (Lipinski definition) is 4. The summed E-state index contributed by atoms with van der Waals surface area (Å²) < 4.78 is 23.1. The zero-order valence-corrected chi connectivity index (χ0v) is 11.8. The van der Waals surface area contributed by atoms with Crippen LogP contribution in [0, 0.1) is 0 Å². The normalized spacial score (nSPS) is 13.1. The first-order valence-corrected chi connectivity index (χ1v) is 7.51. The topological polar surface area (TPSA) is 89.3 Å². The van der Waals surface area contributed by atoms with Gasteiger partial charge in [0.15, 0.2) is 9.84 Å². The van der Waals surface area contributed by atoms with Gasteiger partial charge in [-0.15, -0.1) is 0 Å². The summed E-state index contributed by atoms with van der Waals surface area (Å²) >= 11 is 3.24. The minimum atomic E-state index is -3.40. The Bertz CT molecular complexity index is 542. The second-order valence-electron chi connectivity index (χ2n) is 3.70. The number of carbonyl (C=O) groups is 1. The van der Waals surface area contributed by atoms with E-state index in [2.05, 4.69) is 21.2 Å². The number of nitrogen functional groups attached to an aromatic ring is 1. The fourth-order valence-corrected chi connectivity index (χ4v) is 1.86. The molecule has 0 spiro atoms. The molecule has 1 amide bonds. The number of benzene rings is 1. The van der Waals surface area contributed by atoms with Crippen LogP contribution in [0.15, 0.2) is 22.7 Å². The molecule has 0 aliphatic carbocycles. The van der Waals surface area contributed by atoms with E-state index in [-0.39, 0.29) is 0 Å². The predicted octanol–water partition coefficient (Wildman–Crippen LogP) is 1.40. The Kier molecular flexibility index (Phi) is 4.16. The van der Waals surface area contributed by atoms with E-state index in [9.17, 15) is 13.2 Å². The van der Waals surface area contributed by atoms with Crippen molar-refractivity contribution in [1.82, 2.24) is 0 Å². The highest BCUT2D eigenvalue weighted by molar-refractivity contribution is 9.10. The molecule has 0 bridgehead atoms. The number of rotatable bonds is 3. The van der Waals surface area contributed by atoms with Gasteiger partial charge in [0.05, 0.1) is 5.69 Å². The first-order valence-electron chi connectivity index (χ1n) is 4.76. The van der Waals surface area contributed by atoms with Crippen LogP contribution in [-0.2, 0) is 14.6 Å². The molecule has 17 heavy (non-hydrogen) atoms. The highest BCUT2D eigenvalue weighted by atomic mass is 79.9. The SMILES string of the molecule is CC(C(=O)Nc1cc(N)ccc1Br)S(C)(=O)=O. The Labute approximate surface area is 108 Å². The van der Waals surface area contributed by atoms with Crippen molar-refractivity contribution in [3.63, 3.8) is 0 Å². The quantitative estimate of drug-likeness (QED) is 0.824. The zero-order chi connectivity index (χ0) is 13.2. The molecule has 94 valence electrons. The van der Waals surface area contributed by atoms with E-state index in [4.69, 9.17) is 5.73 Å². The van der Waals surface area contributed by atoms with Crippen molar-refractivity contribution in [2.24, 2.45) is 0 Å².